The van der Waals surface area contributed by atoms with E-state index < -0.39 is 6.10 Å². The Morgan fingerprint density at radius 1 is 1.05 bits per heavy atom. The van der Waals surface area contributed by atoms with Crippen LogP contribution in [0.5, 0.6) is 0 Å². The second-order valence-electron chi connectivity index (χ2n) is 6.64. The van der Waals surface area contributed by atoms with Gasteiger partial charge in [0.2, 0.25) is 0 Å². The summed E-state index contributed by atoms with van der Waals surface area (Å²) in [6.45, 7) is 10.3. The Morgan fingerprint density at radius 3 is 2.18 bits per heavy atom. The summed E-state index contributed by atoms with van der Waals surface area (Å²) < 4.78 is 0. The van der Waals surface area contributed by atoms with Gasteiger partial charge >= 0.3 is 0 Å². The first-order valence-corrected chi connectivity index (χ1v) is 8.39. The highest BCUT2D eigenvalue weighted by atomic mass is 16.3. The molecule has 1 aliphatic rings. The molecule has 0 aromatic heterocycles. The van der Waals surface area contributed by atoms with E-state index in [2.05, 4.69) is 39.5 Å². The average Bonchev–Trinajstić information content (AvgIpc) is 2.46. The lowest BCUT2D eigenvalue weighted by atomic mass is 9.87. The van der Waals surface area contributed by atoms with Crippen molar-refractivity contribution in [3.8, 4) is 0 Å². The van der Waals surface area contributed by atoms with Crippen LogP contribution in [-0.4, -0.2) is 22.9 Å². The van der Waals surface area contributed by atoms with Gasteiger partial charge in [-0.3, -0.25) is 0 Å². The summed E-state index contributed by atoms with van der Waals surface area (Å²) in [5, 5.41) is 19.9. The van der Waals surface area contributed by atoms with Gasteiger partial charge in [0, 0.05) is 5.92 Å². The van der Waals surface area contributed by atoms with Crippen LogP contribution in [0.1, 0.15) is 59.3 Å². The van der Waals surface area contributed by atoms with Crippen molar-refractivity contribution in [1.29, 1.82) is 0 Å². The van der Waals surface area contributed by atoms with Gasteiger partial charge in [-0.2, -0.15) is 0 Å². The fourth-order valence-electron chi connectivity index (χ4n) is 2.90. The highest BCUT2D eigenvalue weighted by Crippen LogP contribution is 2.25. The highest BCUT2D eigenvalue weighted by Gasteiger charge is 2.20. The van der Waals surface area contributed by atoms with Crippen LogP contribution in [0, 0.1) is 5.92 Å². The molecule has 0 bridgehead atoms. The first-order valence-electron chi connectivity index (χ1n) is 8.39. The fraction of sp³-hybridized carbons (Fsp3) is 0.600. The minimum atomic E-state index is -0.555. The summed E-state index contributed by atoms with van der Waals surface area (Å²) in [5.41, 5.74) is 4.73. The summed E-state index contributed by atoms with van der Waals surface area (Å²) in [5.74, 6) is -0.0662. The number of aliphatic hydroxyl groups excluding tert-OH is 2. The van der Waals surface area contributed by atoms with Crippen LogP contribution in [0.25, 0.3) is 0 Å². The quantitative estimate of drug-likeness (QED) is 0.726. The van der Waals surface area contributed by atoms with E-state index in [9.17, 15) is 10.2 Å². The normalized spacial score (nSPS) is 32.7. The topological polar surface area (TPSA) is 40.5 Å². The van der Waals surface area contributed by atoms with Crippen LogP contribution in [-0.2, 0) is 0 Å². The predicted octanol–water partition coefficient (Wildman–Crippen LogP) is 4.71. The molecule has 124 valence electrons. The molecule has 0 aromatic rings. The molecule has 1 aliphatic carbocycles. The van der Waals surface area contributed by atoms with Gasteiger partial charge in [0.05, 0.1) is 12.7 Å². The van der Waals surface area contributed by atoms with Gasteiger partial charge in [-0.15, -0.1) is 0 Å². The largest absolute Gasteiger partial charge is 0.392 e. The van der Waals surface area contributed by atoms with Crippen molar-refractivity contribution in [3.05, 3.63) is 47.1 Å². The third kappa shape index (κ3) is 6.76. The number of hydrogen-bond donors (Lipinski definition) is 2. The number of aliphatic hydroxyl groups is 2. The smallest absolute Gasteiger partial charge is 0.0789 e. The Labute approximate surface area is 135 Å². The van der Waals surface area contributed by atoms with E-state index >= 15 is 0 Å². The Bertz CT molecular complexity index is 454. The third-order valence-electron chi connectivity index (χ3n) is 4.51. The summed E-state index contributed by atoms with van der Waals surface area (Å²) in [6, 6.07) is 0. The van der Waals surface area contributed by atoms with Gasteiger partial charge in [-0.1, -0.05) is 41.5 Å². The molecule has 0 amide bonds. The third-order valence-corrected chi connectivity index (χ3v) is 4.51. The number of allylic oxidation sites excluding steroid dienone is 5. The molecule has 1 unspecified atom stereocenters. The van der Waals surface area contributed by atoms with Crippen molar-refractivity contribution in [2.75, 3.05) is 6.61 Å². The molecule has 0 aliphatic heterocycles. The molecule has 0 heterocycles. The van der Waals surface area contributed by atoms with Gasteiger partial charge in [0.1, 0.15) is 0 Å². The maximum absolute atomic E-state index is 10.5. The van der Waals surface area contributed by atoms with E-state index in [1.165, 1.54) is 16.7 Å². The summed E-state index contributed by atoms with van der Waals surface area (Å²) in [6.07, 6.45) is 12.0. The molecule has 2 nitrogen and oxygen atoms in total. The molecule has 0 spiro atoms. The van der Waals surface area contributed by atoms with E-state index in [4.69, 9.17) is 0 Å². The lowest BCUT2D eigenvalue weighted by Gasteiger charge is -2.23. The zero-order chi connectivity index (χ0) is 16.5. The number of rotatable bonds is 2. The van der Waals surface area contributed by atoms with Crippen LogP contribution in [0.4, 0.5) is 0 Å². The van der Waals surface area contributed by atoms with Crippen molar-refractivity contribution in [2.45, 2.75) is 65.4 Å². The molecular weight excluding hydrogens is 272 g/mol. The molecule has 2 N–H and O–H groups in total. The van der Waals surface area contributed by atoms with Gasteiger partial charge in [0.15, 0.2) is 0 Å². The Morgan fingerprint density at radius 2 is 1.59 bits per heavy atom. The van der Waals surface area contributed by atoms with E-state index in [-0.39, 0.29) is 12.5 Å². The molecule has 22 heavy (non-hydrogen) atoms. The van der Waals surface area contributed by atoms with E-state index in [1.54, 1.807) is 0 Å². The van der Waals surface area contributed by atoms with Crippen LogP contribution >= 0.6 is 0 Å². The van der Waals surface area contributed by atoms with Crippen LogP contribution in [0.3, 0.4) is 0 Å². The van der Waals surface area contributed by atoms with Gasteiger partial charge < -0.3 is 10.2 Å². The molecule has 0 saturated carbocycles. The maximum Gasteiger partial charge on any atom is 0.0789 e. The van der Waals surface area contributed by atoms with Gasteiger partial charge in [0.25, 0.3) is 0 Å². The Balaban J connectivity index is 2.93. The molecule has 1 rings (SSSR count). The highest BCUT2D eigenvalue weighted by molar-refractivity contribution is 5.14. The van der Waals surface area contributed by atoms with Crippen molar-refractivity contribution in [1.82, 2.24) is 0 Å². The van der Waals surface area contributed by atoms with Crippen molar-refractivity contribution in [3.63, 3.8) is 0 Å². The lowest BCUT2D eigenvalue weighted by Crippen LogP contribution is -2.22. The zero-order valence-electron chi connectivity index (χ0n) is 14.4. The van der Waals surface area contributed by atoms with Crippen LogP contribution in [0.2, 0.25) is 0 Å². The lowest BCUT2D eigenvalue weighted by molar-refractivity contribution is 0.155. The average molecular weight is 304 g/mol. The second kappa shape index (κ2) is 9.81. The molecule has 0 fully saturated rings. The van der Waals surface area contributed by atoms with Crippen LogP contribution in [0.15, 0.2) is 47.1 Å². The van der Waals surface area contributed by atoms with E-state index in [1.807, 2.05) is 6.08 Å². The predicted molar refractivity (Wildman–Crippen MR) is 94.7 cm³/mol. The van der Waals surface area contributed by atoms with Crippen molar-refractivity contribution < 1.29 is 10.2 Å². The Hall–Kier alpha value is -1.12. The molecule has 2 heteroatoms. The molecule has 0 radical (unpaired) electrons. The number of hydrogen-bond acceptors (Lipinski definition) is 2. The van der Waals surface area contributed by atoms with Gasteiger partial charge in [-0.05, 0) is 64.9 Å². The standard InChI is InChI=1S/C20H32O2/c1-15-7-5-9-16(2)11-12-19(18(4)14-21)20(22)13-17(3)10-6-8-15/h8-9,13,19-22H,4-7,10-12,14H2,1-3H3/b15-8+,16-9+,17-13+/t19?,20-/m0/s1. The maximum atomic E-state index is 10.5. The minimum absolute atomic E-state index is 0.0562. The van der Waals surface area contributed by atoms with Gasteiger partial charge in [-0.25, -0.2) is 0 Å². The fourth-order valence-corrected chi connectivity index (χ4v) is 2.90. The van der Waals surface area contributed by atoms with Crippen molar-refractivity contribution in [2.24, 2.45) is 5.92 Å². The van der Waals surface area contributed by atoms with E-state index in [0.717, 1.165) is 44.1 Å². The molecule has 0 aromatic carbocycles. The second-order valence-corrected chi connectivity index (χ2v) is 6.64. The molecule has 2 atom stereocenters. The molecular formula is C20H32O2. The monoisotopic (exact) mass is 304 g/mol. The van der Waals surface area contributed by atoms with Crippen molar-refractivity contribution >= 4 is 0 Å². The SMILES string of the molecule is C=C(CO)C1CC/C(C)=C/CC/C(C)=C/CC/C(C)=C/[C@@H]1O. The first kappa shape index (κ1) is 18.9. The van der Waals surface area contributed by atoms with Crippen LogP contribution < -0.4 is 0 Å². The van der Waals surface area contributed by atoms with E-state index in [0.29, 0.717) is 0 Å². The Kier molecular flexibility index (Phi) is 8.44. The summed E-state index contributed by atoms with van der Waals surface area (Å²) in [7, 11) is 0. The first-order chi connectivity index (χ1) is 10.4. The zero-order valence-corrected chi connectivity index (χ0v) is 14.4. The summed E-state index contributed by atoms with van der Waals surface area (Å²) >= 11 is 0. The minimum Gasteiger partial charge on any atom is -0.392 e. The molecule has 0 saturated heterocycles. The summed E-state index contributed by atoms with van der Waals surface area (Å²) in [4.78, 5) is 0.